The van der Waals surface area contributed by atoms with Gasteiger partial charge in [0, 0.05) is 0 Å². The van der Waals surface area contributed by atoms with Crippen LogP contribution >= 0.6 is 0 Å². The van der Waals surface area contributed by atoms with Crippen molar-refractivity contribution in [3.05, 3.63) is 88.9 Å². The summed E-state index contributed by atoms with van der Waals surface area (Å²) in [4.78, 5) is 12.4. The summed E-state index contributed by atoms with van der Waals surface area (Å²) in [5, 5.41) is 3.95. The summed E-state index contributed by atoms with van der Waals surface area (Å²) in [5.74, 6) is -0.690. The van der Waals surface area contributed by atoms with Crippen molar-refractivity contribution in [3.8, 4) is 0 Å². The lowest BCUT2D eigenvalue weighted by Gasteiger charge is -2.02. The van der Waals surface area contributed by atoms with Crippen LogP contribution in [0.15, 0.2) is 75.1 Å². The highest BCUT2D eigenvalue weighted by molar-refractivity contribution is 7.90. The predicted octanol–water partition coefficient (Wildman–Crippen LogP) is 3.63. The number of carbonyl (C=O) groups is 1. The number of carbonyl (C=O) groups excluding carboxylic acids is 1. The van der Waals surface area contributed by atoms with Crippen molar-refractivity contribution in [2.45, 2.75) is 24.5 Å². The van der Waals surface area contributed by atoms with E-state index in [0.29, 0.717) is 0 Å². The Bertz CT molecular complexity index is 1120. The predicted molar refractivity (Wildman–Crippen MR) is 107 cm³/mol. The van der Waals surface area contributed by atoms with Crippen molar-refractivity contribution < 1.29 is 17.6 Å². The van der Waals surface area contributed by atoms with Gasteiger partial charge >= 0.3 is 5.91 Å². The number of benzene rings is 2. The quantitative estimate of drug-likeness (QED) is 0.509. The minimum absolute atomic E-state index is 0.00336. The van der Waals surface area contributed by atoms with E-state index in [1.165, 1.54) is 24.3 Å². The van der Waals surface area contributed by atoms with Crippen molar-refractivity contribution in [2.75, 3.05) is 0 Å². The van der Waals surface area contributed by atoms with Gasteiger partial charge < -0.3 is 4.42 Å². The van der Waals surface area contributed by atoms with Gasteiger partial charge in [-0.15, -0.1) is 0 Å². The van der Waals surface area contributed by atoms with Gasteiger partial charge in [0.2, 0.25) is 0 Å². The largest absolute Gasteiger partial charge is 0.455 e. The highest BCUT2D eigenvalue weighted by Gasteiger charge is 2.19. The highest BCUT2D eigenvalue weighted by Crippen LogP contribution is 2.18. The molecule has 0 spiro atoms. The normalized spacial score (nSPS) is 11.6. The van der Waals surface area contributed by atoms with Crippen LogP contribution in [0.4, 0.5) is 0 Å². The summed E-state index contributed by atoms with van der Waals surface area (Å²) < 4.78 is 30.2. The molecule has 0 fully saturated rings. The molecule has 0 saturated heterocycles. The molecule has 3 aromatic rings. The zero-order chi connectivity index (χ0) is 20.1. The SMILES string of the molecule is Cc1ccc(C)c(/C=N\NC(=O)c2ccc(CS(=O)(=O)c3ccccc3)o2)c1. The van der Waals surface area contributed by atoms with Gasteiger partial charge in [-0.25, -0.2) is 13.8 Å². The Morgan fingerprint density at radius 1 is 1.07 bits per heavy atom. The second-order valence-electron chi connectivity index (χ2n) is 6.40. The first-order valence-corrected chi connectivity index (χ1v) is 10.3. The molecule has 1 amide bonds. The second-order valence-corrected chi connectivity index (χ2v) is 8.39. The number of amides is 1. The van der Waals surface area contributed by atoms with Crippen LogP contribution in [0.5, 0.6) is 0 Å². The van der Waals surface area contributed by atoms with Crippen LogP contribution in [-0.4, -0.2) is 20.5 Å². The molecule has 0 atom stereocenters. The Balaban J connectivity index is 1.66. The minimum Gasteiger partial charge on any atom is -0.455 e. The van der Waals surface area contributed by atoms with Crippen molar-refractivity contribution in [1.82, 2.24) is 5.43 Å². The number of hydrogen-bond donors (Lipinski definition) is 1. The van der Waals surface area contributed by atoms with E-state index in [1.54, 1.807) is 24.4 Å². The number of aryl methyl sites for hydroxylation is 2. The van der Waals surface area contributed by atoms with Crippen LogP contribution in [0.1, 0.15) is 33.0 Å². The van der Waals surface area contributed by atoms with E-state index >= 15 is 0 Å². The second kappa shape index (κ2) is 8.22. The van der Waals surface area contributed by atoms with Crippen LogP contribution in [0.25, 0.3) is 0 Å². The lowest BCUT2D eigenvalue weighted by atomic mass is 10.1. The summed E-state index contributed by atoms with van der Waals surface area (Å²) in [5.41, 5.74) is 5.42. The summed E-state index contributed by atoms with van der Waals surface area (Å²) >= 11 is 0. The molecule has 7 heteroatoms. The molecule has 3 rings (SSSR count). The summed E-state index contributed by atoms with van der Waals surface area (Å²) in [6, 6.07) is 16.9. The van der Waals surface area contributed by atoms with Gasteiger partial charge in [-0.05, 0) is 49.2 Å². The third-order valence-corrected chi connectivity index (χ3v) is 5.78. The van der Waals surface area contributed by atoms with E-state index in [4.69, 9.17) is 4.42 Å². The molecule has 0 unspecified atom stereocenters. The molecule has 1 N–H and O–H groups in total. The van der Waals surface area contributed by atoms with E-state index < -0.39 is 15.7 Å². The maximum Gasteiger partial charge on any atom is 0.307 e. The maximum atomic E-state index is 12.4. The Kier molecular flexibility index (Phi) is 5.75. The number of furan rings is 1. The number of hydrazone groups is 1. The first-order chi connectivity index (χ1) is 13.3. The molecule has 1 heterocycles. The Hall–Kier alpha value is -3.19. The third kappa shape index (κ3) is 4.75. The van der Waals surface area contributed by atoms with Crippen LogP contribution < -0.4 is 5.43 Å². The molecule has 0 aliphatic rings. The van der Waals surface area contributed by atoms with Crippen LogP contribution in [0, 0.1) is 13.8 Å². The molecule has 2 aromatic carbocycles. The average Bonchev–Trinajstić information content (AvgIpc) is 3.13. The lowest BCUT2D eigenvalue weighted by Crippen LogP contribution is -2.17. The average molecular weight is 396 g/mol. The number of nitrogens with zero attached hydrogens (tertiary/aromatic N) is 1. The molecular formula is C21H20N2O4S. The molecule has 1 aromatic heterocycles. The summed E-state index contributed by atoms with van der Waals surface area (Å²) in [6.45, 7) is 3.93. The number of hydrogen-bond acceptors (Lipinski definition) is 5. The maximum absolute atomic E-state index is 12.4. The molecule has 6 nitrogen and oxygen atoms in total. The molecule has 0 bridgehead atoms. The van der Waals surface area contributed by atoms with Gasteiger partial charge in [0.25, 0.3) is 0 Å². The zero-order valence-corrected chi connectivity index (χ0v) is 16.4. The molecule has 0 radical (unpaired) electrons. The molecular weight excluding hydrogens is 376 g/mol. The minimum atomic E-state index is -3.54. The molecule has 0 aliphatic carbocycles. The molecule has 28 heavy (non-hydrogen) atoms. The van der Waals surface area contributed by atoms with Crippen LogP contribution in [-0.2, 0) is 15.6 Å². The van der Waals surface area contributed by atoms with Crippen LogP contribution in [0.2, 0.25) is 0 Å². The van der Waals surface area contributed by atoms with Crippen LogP contribution in [0.3, 0.4) is 0 Å². The van der Waals surface area contributed by atoms with Gasteiger partial charge in [0.15, 0.2) is 15.6 Å². The fraction of sp³-hybridized carbons (Fsp3) is 0.143. The van der Waals surface area contributed by atoms with Crippen molar-refractivity contribution in [1.29, 1.82) is 0 Å². The van der Waals surface area contributed by atoms with E-state index in [9.17, 15) is 13.2 Å². The van der Waals surface area contributed by atoms with Gasteiger partial charge in [-0.3, -0.25) is 4.79 Å². The fourth-order valence-electron chi connectivity index (χ4n) is 2.59. The van der Waals surface area contributed by atoms with Gasteiger partial charge in [0.05, 0.1) is 11.1 Å². The first-order valence-electron chi connectivity index (χ1n) is 8.62. The molecule has 0 saturated carbocycles. The number of sulfone groups is 1. The number of nitrogens with one attached hydrogen (secondary N) is 1. The fourth-order valence-corrected chi connectivity index (χ4v) is 3.86. The van der Waals surface area contributed by atoms with E-state index in [-0.39, 0.29) is 22.2 Å². The molecule has 144 valence electrons. The van der Waals surface area contributed by atoms with Gasteiger partial charge in [-0.2, -0.15) is 5.10 Å². The Morgan fingerprint density at radius 2 is 1.82 bits per heavy atom. The van der Waals surface area contributed by atoms with Gasteiger partial charge in [0.1, 0.15) is 11.5 Å². The van der Waals surface area contributed by atoms with Gasteiger partial charge in [-0.1, -0.05) is 42.0 Å². The lowest BCUT2D eigenvalue weighted by molar-refractivity contribution is 0.0926. The third-order valence-electron chi connectivity index (χ3n) is 4.12. The standard InChI is InChI=1S/C21H20N2O4S/c1-15-8-9-16(2)17(12-15)13-22-23-21(24)20-11-10-18(27-20)14-28(25,26)19-6-4-3-5-7-19/h3-13H,14H2,1-2H3,(H,23,24)/b22-13-. The summed E-state index contributed by atoms with van der Waals surface area (Å²) in [6.07, 6.45) is 1.56. The Labute approximate surface area is 163 Å². The summed E-state index contributed by atoms with van der Waals surface area (Å²) in [7, 11) is -3.54. The highest BCUT2D eigenvalue weighted by atomic mass is 32.2. The van der Waals surface area contributed by atoms with Crippen molar-refractivity contribution in [3.63, 3.8) is 0 Å². The van der Waals surface area contributed by atoms with E-state index in [1.807, 2.05) is 32.0 Å². The van der Waals surface area contributed by atoms with E-state index in [2.05, 4.69) is 10.5 Å². The topological polar surface area (TPSA) is 88.7 Å². The first kappa shape index (κ1) is 19.6. The van der Waals surface area contributed by atoms with Crippen molar-refractivity contribution in [2.24, 2.45) is 5.10 Å². The Morgan fingerprint density at radius 3 is 2.57 bits per heavy atom. The van der Waals surface area contributed by atoms with Crippen molar-refractivity contribution >= 4 is 22.0 Å². The smallest absolute Gasteiger partial charge is 0.307 e. The zero-order valence-electron chi connectivity index (χ0n) is 15.5. The molecule has 0 aliphatic heterocycles. The monoisotopic (exact) mass is 396 g/mol. The van der Waals surface area contributed by atoms with E-state index in [0.717, 1.165) is 16.7 Å². The number of rotatable bonds is 6.